The second kappa shape index (κ2) is 8.79. The Labute approximate surface area is 183 Å². The van der Waals surface area contributed by atoms with Crippen LogP contribution in [0.2, 0.25) is 0 Å². The molecule has 0 aromatic heterocycles. The van der Waals surface area contributed by atoms with Crippen molar-refractivity contribution in [2.24, 2.45) is 5.92 Å². The molecule has 2 N–H and O–H groups in total. The monoisotopic (exact) mass is 428 g/mol. The number of nitrogens with zero attached hydrogens (tertiary/aromatic N) is 1. The van der Waals surface area contributed by atoms with Crippen molar-refractivity contribution in [3.8, 4) is 5.75 Å². The molecule has 0 bridgehead atoms. The van der Waals surface area contributed by atoms with E-state index in [9.17, 15) is 14.7 Å². The summed E-state index contributed by atoms with van der Waals surface area (Å²) in [5.41, 5.74) is 1.81. The number of aliphatic hydroxyl groups excluding tert-OH is 1. The van der Waals surface area contributed by atoms with Gasteiger partial charge in [0.15, 0.2) is 0 Å². The van der Waals surface area contributed by atoms with Crippen LogP contribution in [0.25, 0.3) is 0 Å². The van der Waals surface area contributed by atoms with E-state index in [4.69, 9.17) is 9.47 Å². The van der Waals surface area contributed by atoms with Crippen molar-refractivity contribution in [1.82, 2.24) is 4.90 Å². The molecule has 0 spiro atoms. The van der Waals surface area contributed by atoms with Crippen LogP contribution in [0, 0.1) is 5.92 Å². The average Bonchev–Trinajstić information content (AvgIpc) is 3.52. The molecule has 31 heavy (non-hydrogen) atoms. The highest BCUT2D eigenvalue weighted by molar-refractivity contribution is 5.91. The van der Waals surface area contributed by atoms with Crippen molar-refractivity contribution in [2.75, 3.05) is 25.0 Å². The molecule has 7 nitrogen and oxygen atoms in total. The van der Waals surface area contributed by atoms with E-state index in [1.165, 1.54) is 6.42 Å². The molecule has 1 aromatic carbocycles. The zero-order valence-corrected chi connectivity index (χ0v) is 17.9. The first-order valence-electron chi connectivity index (χ1n) is 11.7. The lowest BCUT2D eigenvalue weighted by Crippen LogP contribution is -2.48. The minimum absolute atomic E-state index is 0.0420. The number of rotatable bonds is 6. The Bertz CT molecular complexity index is 833. The predicted molar refractivity (Wildman–Crippen MR) is 115 cm³/mol. The molecule has 0 unspecified atom stereocenters. The normalized spacial score (nSPS) is 29.6. The number of amides is 2. The van der Waals surface area contributed by atoms with E-state index >= 15 is 0 Å². The maximum Gasteiger partial charge on any atom is 0.225 e. The number of aliphatic hydroxyl groups is 1. The van der Waals surface area contributed by atoms with Crippen LogP contribution in [0.4, 0.5) is 5.69 Å². The Balaban J connectivity index is 1.28. The lowest BCUT2D eigenvalue weighted by atomic mass is 9.84. The topological polar surface area (TPSA) is 88.1 Å². The smallest absolute Gasteiger partial charge is 0.225 e. The zero-order chi connectivity index (χ0) is 21.4. The Morgan fingerprint density at radius 1 is 1.13 bits per heavy atom. The molecule has 2 saturated heterocycles. The van der Waals surface area contributed by atoms with Gasteiger partial charge in [0, 0.05) is 36.7 Å². The molecular weight excluding hydrogens is 396 g/mol. The van der Waals surface area contributed by atoms with E-state index in [-0.39, 0.29) is 36.5 Å². The molecule has 168 valence electrons. The molecular formula is C24H32N2O5. The lowest BCUT2D eigenvalue weighted by Gasteiger charge is -2.38. The van der Waals surface area contributed by atoms with Crippen molar-refractivity contribution >= 4 is 17.5 Å². The molecule has 4 aliphatic rings. The number of anilines is 1. The number of nitrogens with one attached hydrogen (secondary N) is 1. The van der Waals surface area contributed by atoms with E-state index in [0.29, 0.717) is 25.2 Å². The summed E-state index contributed by atoms with van der Waals surface area (Å²) in [6.07, 6.45) is 6.25. The van der Waals surface area contributed by atoms with Gasteiger partial charge in [-0.05, 0) is 62.6 Å². The van der Waals surface area contributed by atoms with E-state index in [0.717, 1.165) is 55.8 Å². The highest BCUT2D eigenvalue weighted by Gasteiger charge is 2.46. The summed E-state index contributed by atoms with van der Waals surface area (Å²) in [4.78, 5) is 26.9. The molecule has 1 aliphatic carbocycles. The standard InChI is InChI=1S/C24H32N2O5/c27-14-21-24-19(12-17(30-21)13-23(29)26-8-2-1-3-9-26)18-11-16(6-7-20(18)31-24)25-22(28)10-15-4-5-15/h6-7,11,15,17,19,21,24,27H,1-5,8-10,12-14H2,(H,25,28)/t17-,19+,21-,24-/m1/s1. The van der Waals surface area contributed by atoms with Crippen LogP contribution in [0.15, 0.2) is 18.2 Å². The maximum atomic E-state index is 12.8. The fourth-order valence-electron chi connectivity index (χ4n) is 5.23. The van der Waals surface area contributed by atoms with E-state index in [1.807, 2.05) is 23.1 Å². The van der Waals surface area contributed by atoms with Crippen LogP contribution in [-0.4, -0.2) is 59.8 Å². The highest BCUT2D eigenvalue weighted by atomic mass is 16.6. The van der Waals surface area contributed by atoms with Crippen molar-refractivity contribution in [3.05, 3.63) is 23.8 Å². The van der Waals surface area contributed by atoms with Gasteiger partial charge in [-0.1, -0.05) is 0 Å². The maximum absolute atomic E-state index is 12.8. The first kappa shape index (κ1) is 20.8. The Morgan fingerprint density at radius 2 is 1.94 bits per heavy atom. The summed E-state index contributed by atoms with van der Waals surface area (Å²) in [6.45, 7) is 1.52. The summed E-state index contributed by atoms with van der Waals surface area (Å²) >= 11 is 0. The van der Waals surface area contributed by atoms with Gasteiger partial charge in [0.1, 0.15) is 18.0 Å². The summed E-state index contributed by atoms with van der Waals surface area (Å²) in [6, 6.07) is 5.75. The first-order valence-corrected chi connectivity index (χ1v) is 11.7. The van der Waals surface area contributed by atoms with Crippen molar-refractivity contribution < 1.29 is 24.2 Å². The quantitative estimate of drug-likeness (QED) is 0.728. The number of piperidine rings is 1. The third kappa shape index (κ3) is 4.58. The van der Waals surface area contributed by atoms with E-state index < -0.39 is 6.10 Å². The van der Waals surface area contributed by atoms with Crippen LogP contribution in [0.1, 0.15) is 62.8 Å². The Kier molecular flexibility index (Phi) is 5.89. The molecule has 1 saturated carbocycles. The fourth-order valence-corrected chi connectivity index (χ4v) is 5.23. The summed E-state index contributed by atoms with van der Waals surface area (Å²) < 4.78 is 12.2. The molecule has 3 fully saturated rings. The van der Waals surface area contributed by atoms with Gasteiger partial charge in [-0.25, -0.2) is 0 Å². The van der Waals surface area contributed by atoms with Gasteiger partial charge in [0.2, 0.25) is 11.8 Å². The van der Waals surface area contributed by atoms with E-state index in [2.05, 4.69) is 5.32 Å². The minimum Gasteiger partial charge on any atom is -0.487 e. The molecule has 3 aliphatic heterocycles. The third-order valence-electron chi connectivity index (χ3n) is 7.07. The number of hydrogen-bond acceptors (Lipinski definition) is 5. The number of hydrogen-bond donors (Lipinski definition) is 2. The van der Waals surface area contributed by atoms with Crippen LogP contribution in [-0.2, 0) is 14.3 Å². The highest BCUT2D eigenvalue weighted by Crippen LogP contribution is 2.47. The molecule has 4 atom stereocenters. The molecule has 5 rings (SSSR count). The van der Waals surface area contributed by atoms with Crippen LogP contribution < -0.4 is 10.1 Å². The second-order valence-electron chi connectivity index (χ2n) is 9.50. The summed E-state index contributed by atoms with van der Waals surface area (Å²) in [5.74, 6) is 1.56. The number of carbonyl (C=O) groups is 2. The SMILES string of the molecule is O=C(CC1CC1)Nc1ccc2c(c1)[C@@H]1C[C@H](CC(=O)N3CCCCC3)O[C@H](CO)[C@@H]1O2. The molecule has 1 aromatic rings. The Hall–Kier alpha value is -2.12. The number of benzene rings is 1. The number of carbonyl (C=O) groups excluding carboxylic acids is 2. The number of ether oxygens (including phenoxy) is 2. The van der Waals surface area contributed by atoms with Crippen molar-refractivity contribution in [2.45, 2.75) is 75.6 Å². The minimum atomic E-state index is -0.460. The van der Waals surface area contributed by atoms with Gasteiger partial charge in [0.05, 0.1) is 19.1 Å². The third-order valence-corrected chi connectivity index (χ3v) is 7.07. The second-order valence-corrected chi connectivity index (χ2v) is 9.50. The average molecular weight is 429 g/mol. The lowest BCUT2D eigenvalue weighted by molar-refractivity contribution is -0.149. The van der Waals surface area contributed by atoms with Gasteiger partial charge >= 0.3 is 0 Å². The molecule has 7 heteroatoms. The first-order chi connectivity index (χ1) is 15.1. The van der Waals surface area contributed by atoms with Crippen LogP contribution in [0.5, 0.6) is 5.75 Å². The van der Waals surface area contributed by atoms with Gasteiger partial charge in [-0.15, -0.1) is 0 Å². The van der Waals surface area contributed by atoms with Gasteiger partial charge in [-0.2, -0.15) is 0 Å². The molecule has 3 heterocycles. The van der Waals surface area contributed by atoms with Gasteiger partial charge < -0.3 is 24.8 Å². The van der Waals surface area contributed by atoms with Gasteiger partial charge in [-0.3, -0.25) is 9.59 Å². The van der Waals surface area contributed by atoms with Crippen LogP contribution in [0.3, 0.4) is 0 Å². The Morgan fingerprint density at radius 3 is 2.68 bits per heavy atom. The van der Waals surface area contributed by atoms with Crippen LogP contribution >= 0.6 is 0 Å². The molecule has 0 radical (unpaired) electrons. The number of fused-ring (bicyclic) bond motifs is 3. The predicted octanol–water partition coefficient (Wildman–Crippen LogP) is 2.82. The fraction of sp³-hybridized carbons (Fsp3) is 0.667. The molecule has 2 amide bonds. The van der Waals surface area contributed by atoms with Crippen molar-refractivity contribution in [1.29, 1.82) is 0 Å². The zero-order valence-electron chi connectivity index (χ0n) is 17.9. The van der Waals surface area contributed by atoms with E-state index in [1.54, 1.807) is 0 Å². The van der Waals surface area contributed by atoms with Gasteiger partial charge in [0.25, 0.3) is 0 Å². The van der Waals surface area contributed by atoms with Crippen molar-refractivity contribution in [3.63, 3.8) is 0 Å². The summed E-state index contributed by atoms with van der Waals surface area (Å²) in [5, 5.41) is 12.9. The largest absolute Gasteiger partial charge is 0.487 e. The number of likely N-dealkylation sites (tertiary alicyclic amines) is 1. The summed E-state index contributed by atoms with van der Waals surface area (Å²) in [7, 11) is 0.